The number of hydrogen-bond acceptors (Lipinski definition) is 2. The van der Waals surface area contributed by atoms with Gasteiger partial charge in [0.2, 0.25) is 0 Å². The third-order valence-electron chi connectivity index (χ3n) is 1.62. The SMILES string of the molecule is C=C/C=C1/NCCN/C1=C/C.CC. The van der Waals surface area contributed by atoms with Gasteiger partial charge in [0.25, 0.3) is 0 Å². The molecular weight excluding hydrogens is 160 g/mol. The van der Waals surface area contributed by atoms with Crippen molar-refractivity contribution in [1.29, 1.82) is 0 Å². The summed E-state index contributed by atoms with van der Waals surface area (Å²) in [4.78, 5) is 0. The number of hydrogen-bond donors (Lipinski definition) is 2. The Kier molecular flexibility index (Phi) is 6.79. The summed E-state index contributed by atoms with van der Waals surface area (Å²) in [5.41, 5.74) is 2.30. The normalized spacial score (nSPS) is 21.2. The first-order valence-corrected chi connectivity index (χ1v) is 4.85. The molecule has 1 rings (SSSR count). The molecule has 0 bridgehead atoms. The third kappa shape index (κ3) is 3.83. The molecule has 0 aromatic rings. The lowest BCUT2D eigenvalue weighted by Gasteiger charge is -2.21. The molecule has 1 fully saturated rings. The summed E-state index contributed by atoms with van der Waals surface area (Å²) in [6.45, 7) is 11.6. The first-order chi connectivity index (χ1) is 6.38. The first-order valence-electron chi connectivity index (χ1n) is 4.85. The lowest BCUT2D eigenvalue weighted by atomic mass is 10.2. The van der Waals surface area contributed by atoms with Gasteiger partial charge in [-0.3, -0.25) is 0 Å². The minimum atomic E-state index is 0.983. The van der Waals surface area contributed by atoms with Gasteiger partial charge in [0, 0.05) is 13.1 Å². The van der Waals surface area contributed by atoms with Gasteiger partial charge >= 0.3 is 0 Å². The van der Waals surface area contributed by atoms with Crippen LogP contribution in [0, 0.1) is 0 Å². The first kappa shape index (κ1) is 11.8. The van der Waals surface area contributed by atoms with Gasteiger partial charge in [0.1, 0.15) is 0 Å². The van der Waals surface area contributed by atoms with Gasteiger partial charge in [-0.05, 0) is 13.0 Å². The predicted molar refractivity (Wildman–Crippen MR) is 59.4 cm³/mol. The standard InChI is InChI=1S/C9H14N2.C2H6/c1-3-5-9-8(4-2)10-6-7-11-9;1-2/h3-5,10-11H,1,6-7H2,2H3;1-2H3/b8-4+,9-5+;. The van der Waals surface area contributed by atoms with Crippen molar-refractivity contribution >= 4 is 0 Å². The van der Waals surface area contributed by atoms with E-state index < -0.39 is 0 Å². The van der Waals surface area contributed by atoms with Crippen molar-refractivity contribution in [3.63, 3.8) is 0 Å². The molecule has 0 amide bonds. The molecule has 0 spiro atoms. The summed E-state index contributed by atoms with van der Waals surface area (Å²) in [6.07, 6.45) is 5.82. The molecule has 0 atom stereocenters. The maximum absolute atomic E-state index is 3.65. The maximum Gasteiger partial charge on any atom is 0.0572 e. The van der Waals surface area contributed by atoms with Crippen LogP contribution in [-0.4, -0.2) is 13.1 Å². The Hall–Kier alpha value is -1.18. The van der Waals surface area contributed by atoms with Crippen molar-refractivity contribution in [3.8, 4) is 0 Å². The van der Waals surface area contributed by atoms with E-state index in [1.807, 2.05) is 26.8 Å². The Morgan fingerprint density at radius 2 is 1.69 bits per heavy atom. The van der Waals surface area contributed by atoms with E-state index in [-0.39, 0.29) is 0 Å². The smallest absolute Gasteiger partial charge is 0.0572 e. The summed E-state index contributed by atoms with van der Waals surface area (Å²) in [6, 6.07) is 0. The van der Waals surface area contributed by atoms with Crippen molar-refractivity contribution in [3.05, 3.63) is 36.2 Å². The molecule has 13 heavy (non-hydrogen) atoms. The molecule has 1 aliphatic heterocycles. The Morgan fingerprint density at radius 3 is 2.15 bits per heavy atom. The van der Waals surface area contributed by atoms with Gasteiger partial charge in [-0.15, -0.1) is 0 Å². The Balaban J connectivity index is 0.000000671. The van der Waals surface area contributed by atoms with Crippen molar-refractivity contribution in [1.82, 2.24) is 10.6 Å². The second-order valence-electron chi connectivity index (χ2n) is 2.37. The van der Waals surface area contributed by atoms with Crippen LogP contribution < -0.4 is 10.6 Å². The van der Waals surface area contributed by atoms with E-state index in [1.54, 1.807) is 6.08 Å². The quantitative estimate of drug-likeness (QED) is 0.646. The zero-order valence-electron chi connectivity index (χ0n) is 8.85. The van der Waals surface area contributed by atoms with Crippen LogP contribution in [0.15, 0.2) is 36.2 Å². The molecule has 0 unspecified atom stereocenters. The highest BCUT2D eigenvalue weighted by Crippen LogP contribution is 2.05. The minimum Gasteiger partial charge on any atom is -0.382 e. The lowest BCUT2D eigenvalue weighted by molar-refractivity contribution is 0.656. The Bertz CT molecular complexity index is 202. The molecule has 2 heteroatoms. The van der Waals surface area contributed by atoms with Gasteiger partial charge in [-0.2, -0.15) is 0 Å². The number of piperazine rings is 1. The van der Waals surface area contributed by atoms with Crippen LogP contribution in [0.4, 0.5) is 0 Å². The second kappa shape index (κ2) is 7.47. The van der Waals surface area contributed by atoms with Crippen LogP contribution in [0.2, 0.25) is 0 Å². The molecule has 74 valence electrons. The summed E-state index contributed by atoms with van der Waals surface area (Å²) in [7, 11) is 0. The zero-order valence-corrected chi connectivity index (χ0v) is 8.85. The average molecular weight is 180 g/mol. The summed E-state index contributed by atoms with van der Waals surface area (Å²) in [5.74, 6) is 0. The molecule has 0 aromatic carbocycles. The fourth-order valence-electron chi connectivity index (χ4n) is 1.11. The number of rotatable bonds is 1. The van der Waals surface area contributed by atoms with Crippen molar-refractivity contribution in [2.45, 2.75) is 20.8 Å². The van der Waals surface area contributed by atoms with E-state index in [2.05, 4.69) is 23.3 Å². The molecule has 2 nitrogen and oxygen atoms in total. The van der Waals surface area contributed by atoms with Gasteiger partial charge in [-0.25, -0.2) is 0 Å². The predicted octanol–water partition coefficient (Wildman–Crippen LogP) is 2.18. The minimum absolute atomic E-state index is 0.983. The highest BCUT2D eigenvalue weighted by Gasteiger charge is 2.06. The molecule has 1 aliphatic rings. The van der Waals surface area contributed by atoms with E-state index in [1.165, 1.54) is 0 Å². The van der Waals surface area contributed by atoms with E-state index in [4.69, 9.17) is 0 Å². The van der Waals surface area contributed by atoms with Crippen LogP contribution in [0.1, 0.15) is 20.8 Å². The van der Waals surface area contributed by atoms with Crippen LogP contribution in [0.5, 0.6) is 0 Å². The number of allylic oxidation sites excluding steroid dienone is 3. The number of nitrogens with one attached hydrogen (secondary N) is 2. The Labute approximate surface area is 81.4 Å². The summed E-state index contributed by atoms with van der Waals surface area (Å²) < 4.78 is 0. The third-order valence-corrected chi connectivity index (χ3v) is 1.62. The van der Waals surface area contributed by atoms with Crippen molar-refractivity contribution < 1.29 is 0 Å². The van der Waals surface area contributed by atoms with E-state index in [0.29, 0.717) is 0 Å². The average Bonchev–Trinajstić information content (AvgIpc) is 2.22. The monoisotopic (exact) mass is 180 g/mol. The topological polar surface area (TPSA) is 24.1 Å². The van der Waals surface area contributed by atoms with Gasteiger partial charge < -0.3 is 10.6 Å². The van der Waals surface area contributed by atoms with E-state index >= 15 is 0 Å². The van der Waals surface area contributed by atoms with E-state index in [9.17, 15) is 0 Å². The van der Waals surface area contributed by atoms with Gasteiger partial charge in [0.15, 0.2) is 0 Å². The van der Waals surface area contributed by atoms with Crippen LogP contribution in [0.25, 0.3) is 0 Å². The van der Waals surface area contributed by atoms with E-state index in [0.717, 1.165) is 24.5 Å². The molecule has 1 saturated heterocycles. The summed E-state index contributed by atoms with van der Waals surface area (Å²) in [5, 5.41) is 6.57. The fourth-order valence-corrected chi connectivity index (χ4v) is 1.11. The molecule has 1 heterocycles. The molecule has 0 aliphatic carbocycles. The Morgan fingerprint density at radius 1 is 1.15 bits per heavy atom. The lowest BCUT2D eigenvalue weighted by Crippen LogP contribution is -2.36. The zero-order chi connectivity index (χ0) is 10.1. The molecule has 0 radical (unpaired) electrons. The fraction of sp³-hybridized carbons (Fsp3) is 0.455. The molecule has 0 saturated carbocycles. The summed E-state index contributed by atoms with van der Waals surface area (Å²) >= 11 is 0. The van der Waals surface area contributed by atoms with Crippen molar-refractivity contribution in [2.24, 2.45) is 0 Å². The highest BCUT2D eigenvalue weighted by atomic mass is 15.0. The van der Waals surface area contributed by atoms with Gasteiger partial charge in [-0.1, -0.05) is 32.6 Å². The van der Waals surface area contributed by atoms with Crippen LogP contribution >= 0.6 is 0 Å². The highest BCUT2D eigenvalue weighted by molar-refractivity contribution is 5.31. The van der Waals surface area contributed by atoms with Crippen LogP contribution in [-0.2, 0) is 0 Å². The largest absolute Gasteiger partial charge is 0.382 e. The second-order valence-corrected chi connectivity index (χ2v) is 2.37. The van der Waals surface area contributed by atoms with Crippen LogP contribution in [0.3, 0.4) is 0 Å². The molecule has 2 N–H and O–H groups in total. The molecular formula is C11H20N2. The van der Waals surface area contributed by atoms with Gasteiger partial charge in [0.05, 0.1) is 11.4 Å². The molecule has 0 aromatic heterocycles. The maximum atomic E-state index is 3.65. The van der Waals surface area contributed by atoms with Crippen molar-refractivity contribution in [2.75, 3.05) is 13.1 Å².